The average molecular weight is 378 g/mol. The van der Waals surface area contributed by atoms with Gasteiger partial charge in [0, 0.05) is 17.9 Å². The van der Waals surface area contributed by atoms with Gasteiger partial charge in [-0.1, -0.05) is 19.2 Å². The number of fused-ring (bicyclic) bond motifs is 1. The fraction of sp³-hybridized carbons (Fsp3) is 0.333. The number of methoxy groups -OCH3 is 1. The Morgan fingerprint density at radius 1 is 1.30 bits per heavy atom. The molecule has 0 amide bonds. The Balaban J connectivity index is 1.96. The average Bonchev–Trinajstić information content (AvgIpc) is 2.69. The number of hydrogen-bond acceptors (Lipinski definition) is 3. The van der Waals surface area contributed by atoms with Crippen molar-refractivity contribution in [3.05, 3.63) is 77.6 Å². The topological polar surface area (TPSA) is 27.7 Å². The number of halogens is 3. The molecule has 0 radical (unpaired) electrons. The van der Waals surface area contributed by atoms with Crippen molar-refractivity contribution < 1.29 is 27.4 Å². The van der Waals surface area contributed by atoms with E-state index in [0.717, 1.165) is 0 Å². The van der Waals surface area contributed by atoms with Gasteiger partial charge in [-0.15, -0.1) is 6.58 Å². The largest absolute Gasteiger partial charge is 0.494 e. The molecule has 0 spiro atoms. The minimum Gasteiger partial charge on any atom is -0.494 e. The summed E-state index contributed by atoms with van der Waals surface area (Å²) in [5.41, 5.74) is 0.945. The molecule has 1 saturated heterocycles. The fourth-order valence-electron chi connectivity index (χ4n) is 3.33. The van der Waals surface area contributed by atoms with Gasteiger partial charge < -0.3 is 14.2 Å². The SMILES string of the molecule is C=CC1CCC(c2cc3c(c(F)c2F)O/C(=C(\F)C(=C)OC)C(=C)C3)CO1. The molecule has 144 valence electrons. The van der Waals surface area contributed by atoms with Crippen molar-refractivity contribution in [3.63, 3.8) is 0 Å². The highest BCUT2D eigenvalue weighted by molar-refractivity contribution is 5.51. The Hall–Kier alpha value is -2.47. The summed E-state index contributed by atoms with van der Waals surface area (Å²) in [5.74, 6) is -4.22. The number of ether oxygens (including phenoxy) is 3. The van der Waals surface area contributed by atoms with E-state index in [1.807, 2.05) is 0 Å². The van der Waals surface area contributed by atoms with E-state index in [4.69, 9.17) is 14.2 Å². The highest BCUT2D eigenvalue weighted by Gasteiger charge is 2.32. The first kappa shape index (κ1) is 19.3. The minimum atomic E-state index is -1.14. The molecule has 2 aliphatic heterocycles. The van der Waals surface area contributed by atoms with Crippen molar-refractivity contribution >= 4 is 0 Å². The Morgan fingerprint density at radius 2 is 2.04 bits per heavy atom. The second-order valence-corrected chi connectivity index (χ2v) is 6.62. The maximum absolute atomic E-state index is 14.7. The van der Waals surface area contributed by atoms with Gasteiger partial charge in [0.15, 0.2) is 23.1 Å². The first-order chi connectivity index (χ1) is 12.9. The smallest absolute Gasteiger partial charge is 0.207 e. The van der Waals surface area contributed by atoms with Gasteiger partial charge in [0.25, 0.3) is 0 Å². The second-order valence-electron chi connectivity index (χ2n) is 6.62. The molecule has 1 fully saturated rings. The van der Waals surface area contributed by atoms with Crippen LogP contribution in [0, 0.1) is 11.6 Å². The lowest BCUT2D eigenvalue weighted by Gasteiger charge is -2.29. The summed E-state index contributed by atoms with van der Waals surface area (Å²) in [6.45, 7) is 11.1. The molecule has 1 aromatic carbocycles. The van der Waals surface area contributed by atoms with E-state index in [0.29, 0.717) is 24.0 Å². The van der Waals surface area contributed by atoms with Crippen LogP contribution in [-0.4, -0.2) is 19.8 Å². The predicted octanol–water partition coefficient (Wildman–Crippen LogP) is 5.25. The van der Waals surface area contributed by atoms with Crippen molar-refractivity contribution in [2.24, 2.45) is 0 Å². The Morgan fingerprint density at radius 3 is 2.63 bits per heavy atom. The van der Waals surface area contributed by atoms with Gasteiger partial charge >= 0.3 is 0 Å². The second kappa shape index (κ2) is 7.64. The fourth-order valence-corrected chi connectivity index (χ4v) is 3.33. The summed E-state index contributed by atoms with van der Waals surface area (Å²) in [5, 5.41) is 0. The molecule has 6 heteroatoms. The first-order valence-corrected chi connectivity index (χ1v) is 8.61. The monoisotopic (exact) mass is 378 g/mol. The van der Waals surface area contributed by atoms with Crippen LogP contribution >= 0.6 is 0 Å². The van der Waals surface area contributed by atoms with Gasteiger partial charge in [0.05, 0.1) is 19.8 Å². The van der Waals surface area contributed by atoms with Crippen LogP contribution < -0.4 is 4.74 Å². The molecule has 0 aromatic heterocycles. The highest BCUT2D eigenvalue weighted by atomic mass is 19.2. The molecule has 2 aliphatic rings. The maximum atomic E-state index is 14.7. The van der Waals surface area contributed by atoms with Crippen molar-refractivity contribution in [2.45, 2.75) is 31.3 Å². The van der Waals surface area contributed by atoms with Crippen LogP contribution in [0.15, 0.2) is 54.8 Å². The van der Waals surface area contributed by atoms with Crippen LogP contribution in [0.1, 0.15) is 29.9 Å². The first-order valence-electron chi connectivity index (χ1n) is 8.61. The van der Waals surface area contributed by atoms with Gasteiger partial charge in [-0.3, -0.25) is 0 Å². The molecule has 3 nitrogen and oxygen atoms in total. The molecule has 2 unspecified atom stereocenters. The highest BCUT2D eigenvalue weighted by Crippen LogP contribution is 2.41. The summed E-state index contributed by atoms with van der Waals surface area (Å²) in [6.07, 6.45) is 3.10. The van der Waals surface area contributed by atoms with Crippen molar-refractivity contribution in [1.29, 1.82) is 0 Å². The Labute approximate surface area is 156 Å². The zero-order valence-electron chi connectivity index (χ0n) is 15.1. The quantitative estimate of drug-likeness (QED) is 0.529. The third kappa shape index (κ3) is 3.54. The number of rotatable bonds is 4. The summed E-state index contributed by atoms with van der Waals surface area (Å²) in [6, 6.07) is 1.56. The molecule has 2 heterocycles. The van der Waals surface area contributed by atoms with Gasteiger partial charge in [-0.25, -0.2) is 4.39 Å². The van der Waals surface area contributed by atoms with E-state index in [-0.39, 0.29) is 47.9 Å². The lowest BCUT2D eigenvalue weighted by molar-refractivity contribution is 0.0319. The van der Waals surface area contributed by atoms with Gasteiger partial charge in [-0.2, -0.15) is 8.78 Å². The molecule has 0 aliphatic carbocycles. The van der Waals surface area contributed by atoms with E-state index < -0.39 is 17.5 Å². The zero-order chi connectivity index (χ0) is 19.7. The van der Waals surface area contributed by atoms with Gasteiger partial charge in [0.2, 0.25) is 11.6 Å². The van der Waals surface area contributed by atoms with Crippen LogP contribution in [0.25, 0.3) is 0 Å². The molecule has 0 bridgehead atoms. The maximum Gasteiger partial charge on any atom is 0.207 e. The molecular formula is C21H21F3O3. The summed E-state index contributed by atoms with van der Waals surface area (Å²) in [7, 11) is 1.25. The summed E-state index contributed by atoms with van der Waals surface area (Å²) < 4.78 is 59.4. The van der Waals surface area contributed by atoms with Crippen molar-refractivity contribution in [2.75, 3.05) is 13.7 Å². The number of benzene rings is 1. The third-order valence-corrected chi connectivity index (χ3v) is 4.90. The van der Waals surface area contributed by atoms with Gasteiger partial charge in [0.1, 0.15) is 0 Å². The van der Waals surface area contributed by atoms with Crippen LogP contribution in [-0.2, 0) is 15.9 Å². The van der Waals surface area contributed by atoms with E-state index in [2.05, 4.69) is 19.7 Å². The van der Waals surface area contributed by atoms with E-state index in [1.165, 1.54) is 7.11 Å². The Kier molecular flexibility index (Phi) is 5.46. The van der Waals surface area contributed by atoms with Crippen LogP contribution in [0.2, 0.25) is 0 Å². The van der Waals surface area contributed by atoms with E-state index in [1.54, 1.807) is 12.1 Å². The molecule has 0 N–H and O–H groups in total. The third-order valence-electron chi connectivity index (χ3n) is 4.90. The molecular weight excluding hydrogens is 357 g/mol. The van der Waals surface area contributed by atoms with Crippen LogP contribution in [0.3, 0.4) is 0 Å². The number of hydrogen-bond donors (Lipinski definition) is 0. The summed E-state index contributed by atoms with van der Waals surface area (Å²) >= 11 is 0. The minimum absolute atomic E-state index is 0.0700. The lowest BCUT2D eigenvalue weighted by atomic mass is 9.88. The Bertz CT molecular complexity index is 834. The molecule has 0 saturated carbocycles. The summed E-state index contributed by atoms with van der Waals surface area (Å²) in [4.78, 5) is 0. The molecule has 2 atom stereocenters. The normalized spacial score (nSPS) is 23.9. The predicted molar refractivity (Wildman–Crippen MR) is 96.0 cm³/mol. The van der Waals surface area contributed by atoms with Crippen molar-refractivity contribution in [3.8, 4) is 5.75 Å². The van der Waals surface area contributed by atoms with Crippen molar-refractivity contribution in [1.82, 2.24) is 0 Å². The standard InChI is InChI=1S/C21H21F3O3/c1-5-15-7-6-13(10-26-15)16-9-14-8-11(2)20(17(22)12(3)25-4)27-21(14)19(24)18(16)23/h5,9,13,15H,1-3,6-8,10H2,4H3/b20-17-. The van der Waals surface area contributed by atoms with E-state index in [9.17, 15) is 13.2 Å². The molecule has 27 heavy (non-hydrogen) atoms. The van der Waals surface area contributed by atoms with Crippen LogP contribution in [0.4, 0.5) is 13.2 Å². The number of allylic oxidation sites excluding steroid dienone is 2. The molecule has 3 rings (SSSR count). The lowest BCUT2D eigenvalue weighted by Crippen LogP contribution is -2.24. The van der Waals surface area contributed by atoms with Gasteiger partial charge in [-0.05, 0) is 30.0 Å². The zero-order valence-corrected chi connectivity index (χ0v) is 15.1. The van der Waals surface area contributed by atoms with Crippen LogP contribution in [0.5, 0.6) is 5.75 Å². The molecule has 1 aromatic rings. The van der Waals surface area contributed by atoms with E-state index >= 15 is 0 Å².